The summed E-state index contributed by atoms with van der Waals surface area (Å²) < 4.78 is 23.0. The minimum atomic E-state index is -0.844. The first kappa shape index (κ1) is 12.7. The normalized spacial score (nSPS) is 22.2. The van der Waals surface area contributed by atoms with Gasteiger partial charge in [-0.05, 0) is 17.2 Å². The van der Waals surface area contributed by atoms with Crippen molar-refractivity contribution in [2.24, 2.45) is 0 Å². The first-order valence-corrected chi connectivity index (χ1v) is 6.90. The molecule has 4 heteroatoms. The molecule has 1 unspecified atom stereocenters. The fourth-order valence-electron chi connectivity index (χ4n) is 3.21. The van der Waals surface area contributed by atoms with E-state index in [0.29, 0.717) is 13.2 Å². The molecule has 2 aromatic carbocycles. The highest BCUT2D eigenvalue weighted by molar-refractivity contribution is 5.56. The SMILES string of the molecule is COc1cc2c(c(OC)c1)C1(OCc3ccccc31)OC2. The van der Waals surface area contributed by atoms with E-state index in [9.17, 15) is 0 Å². The van der Waals surface area contributed by atoms with E-state index in [2.05, 4.69) is 12.1 Å². The number of benzene rings is 2. The Morgan fingerprint density at radius 3 is 2.48 bits per heavy atom. The zero-order valence-electron chi connectivity index (χ0n) is 12.0. The van der Waals surface area contributed by atoms with Crippen LogP contribution in [-0.4, -0.2) is 14.2 Å². The van der Waals surface area contributed by atoms with Crippen LogP contribution in [0, 0.1) is 0 Å². The monoisotopic (exact) mass is 284 g/mol. The van der Waals surface area contributed by atoms with Crippen molar-refractivity contribution in [1.82, 2.24) is 0 Å². The standard InChI is InChI=1S/C17H16O4/c1-18-13-7-12-10-21-17(16(12)15(8-13)19-2)14-6-4-3-5-11(14)9-20-17/h3-8H,9-10H2,1-2H3. The van der Waals surface area contributed by atoms with Gasteiger partial charge in [0.05, 0.1) is 33.0 Å². The van der Waals surface area contributed by atoms with Gasteiger partial charge in [-0.3, -0.25) is 0 Å². The molecule has 2 aliphatic heterocycles. The molecule has 4 rings (SSSR count). The average Bonchev–Trinajstić information content (AvgIpc) is 3.10. The maximum atomic E-state index is 6.08. The van der Waals surface area contributed by atoms with E-state index in [1.54, 1.807) is 14.2 Å². The topological polar surface area (TPSA) is 36.9 Å². The van der Waals surface area contributed by atoms with Gasteiger partial charge in [0.15, 0.2) is 0 Å². The number of methoxy groups -OCH3 is 2. The van der Waals surface area contributed by atoms with Crippen molar-refractivity contribution in [2.75, 3.05) is 14.2 Å². The molecule has 4 nitrogen and oxygen atoms in total. The predicted molar refractivity (Wildman–Crippen MR) is 76.3 cm³/mol. The van der Waals surface area contributed by atoms with Crippen LogP contribution in [0.2, 0.25) is 0 Å². The van der Waals surface area contributed by atoms with Gasteiger partial charge in [-0.1, -0.05) is 24.3 Å². The molecule has 1 spiro atoms. The molecule has 2 aliphatic rings. The lowest BCUT2D eigenvalue weighted by Gasteiger charge is -2.26. The summed E-state index contributed by atoms with van der Waals surface area (Å²) in [5.74, 6) is 0.653. The van der Waals surface area contributed by atoms with Crippen molar-refractivity contribution in [3.05, 3.63) is 58.7 Å². The van der Waals surface area contributed by atoms with Crippen LogP contribution in [0.4, 0.5) is 0 Å². The summed E-state index contributed by atoms with van der Waals surface area (Å²) >= 11 is 0. The molecule has 0 aromatic heterocycles. The van der Waals surface area contributed by atoms with Crippen molar-refractivity contribution >= 4 is 0 Å². The van der Waals surface area contributed by atoms with Crippen LogP contribution in [0.5, 0.6) is 11.5 Å². The Morgan fingerprint density at radius 1 is 0.952 bits per heavy atom. The van der Waals surface area contributed by atoms with E-state index in [-0.39, 0.29) is 0 Å². The summed E-state index contributed by atoms with van der Waals surface area (Å²) in [5, 5.41) is 0. The molecule has 2 heterocycles. The molecular formula is C17H16O4. The Kier molecular flexibility index (Phi) is 2.71. The van der Waals surface area contributed by atoms with E-state index in [1.807, 2.05) is 24.3 Å². The maximum Gasteiger partial charge on any atom is 0.227 e. The van der Waals surface area contributed by atoms with Gasteiger partial charge in [0.2, 0.25) is 5.79 Å². The minimum absolute atomic E-state index is 0.483. The van der Waals surface area contributed by atoms with Crippen LogP contribution >= 0.6 is 0 Å². The third-order valence-electron chi connectivity index (χ3n) is 4.18. The van der Waals surface area contributed by atoms with Gasteiger partial charge >= 0.3 is 0 Å². The first-order chi connectivity index (χ1) is 10.3. The number of fused-ring (bicyclic) bond motifs is 4. The second kappa shape index (κ2) is 4.48. The molecule has 0 radical (unpaired) electrons. The van der Waals surface area contributed by atoms with Gasteiger partial charge in [-0.2, -0.15) is 0 Å². The van der Waals surface area contributed by atoms with Crippen LogP contribution in [0.25, 0.3) is 0 Å². The van der Waals surface area contributed by atoms with Crippen LogP contribution < -0.4 is 9.47 Å². The molecule has 0 saturated carbocycles. The summed E-state index contributed by atoms with van der Waals surface area (Å²) in [5.41, 5.74) is 4.22. The summed E-state index contributed by atoms with van der Waals surface area (Å²) in [6.07, 6.45) is 0. The van der Waals surface area contributed by atoms with Gasteiger partial charge in [-0.25, -0.2) is 0 Å². The Hall–Kier alpha value is -2.04. The molecule has 0 saturated heterocycles. The lowest BCUT2D eigenvalue weighted by atomic mass is 9.93. The number of hydrogen-bond donors (Lipinski definition) is 0. The van der Waals surface area contributed by atoms with Crippen molar-refractivity contribution in [3.63, 3.8) is 0 Å². The lowest BCUT2D eigenvalue weighted by molar-refractivity contribution is -0.201. The third-order valence-corrected chi connectivity index (χ3v) is 4.18. The third kappa shape index (κ3) is 1.63. The van der Waals surface area contributed by atoms with Gasteiger partial charge < -0.3 is 18.9 Å². The van der Waals surface area contributed by atoms with Crippen molar-refractivity contribution in [3.8, 4) is 11.5 Å². The van der Waals surface area contributed by atoms with Crippen LogP contribution in [-0.2, 0) is 28.5 Å². The average molecular weight is 284 g/mol. The highest BCUT2D eigenvalue weighted by atomic mass is 16.7. The van der Waals surface area contributed by atoms with Crippen molar-refractivity contribution in [1.29, 1.82) is 0 Å². The van der Waals surface area contributed by atoms with Gasteiger partial charge in [-0.15, -0.1) is 0 Å². The highest BCUT2D eigenvalue weighted by Gasteiger charge is 2.50. The Bertz CT molecular complexity index is 710. The minimum Gasteiger partial charge on any atom is -0.497 e. The summed E-state index contributed by atoms with van der Waals surface area (Å²) in [6, 6.07) is 12.0. The lowest BCUT2D eigenvalue weighted by Crippen LogP contribution is -2.26. The summed E-state index contributed by atoms with van der Waals surface area (Å²) in [6.45, 7) is 1.03. The highest BCUT2D eigenvalue weighted by Crippen LogP contribution is 2.52. The first-order valence-electron chi connectivity index (χ1n) is 6.90. The van der Waals surface area contributed by atoms with E-state index in [4.69, 9.17) is 18.9 Å². The fraction of sp³-hybridized carbons (Fsp3) is 0.294. The van der Waals surface area contributed by atoms with Crippen LogP contribution in [0.1, 0.15) is 22.3 Å². The largest absolute Gasteiger partial charge is 0.497 e. The maximum absolute atomic E-state index is 6.08. The Balaban J connectivity index is 1.95. The Labute approximate surface area is 123 Å². The van der Waals surface area contributed by atoms with Gasteiger partial charge in [0, 0.05) is 11.6 Å². The number of rotatable bonds is 2. The fourth-order valence-corrected chi connectivity index (χ4v) is 3.21. The van der Waals surface area contributed by atoms with Crippen LogP contribution in [0.15, 0.2) is 36.4 Å². The summed E-state index contributed by atoms with van der Waals surface area (Å²) in [7, 11) is 3.30. The smallest absolute Gasteiger partial charge is 0.227 e. The molecule has 108 valence electrons. The number of ether oxygens (including phenoxy) is 4. The van der Waals surface area contributed by atoms with Crippen molar-refractivity contribution in [2.45, 2.75) is 19.0 Å². The van der Waals surface area contributed by atoms with E-state index >= 15 is 0 Å². The molecular weight excluding hydrogens is 268 g/mol. The second-order valence-electron chi connectivity index (χ2n) is 5.21. The van der Waals surface area contributed by atoms with Gasteiger partial charge in [0.1, 0.15) is 11.5 Å². The molecule has 21 heavy (non-hydrogen) atoms. The molecule has 1 atom stereocenters. The molecule has 0 aliphatic carbocycles. The van der Waals surface area contributed by atoms with Gasteiger partial charge in [0.25, 0.3) is 0 Å². The molecule has 0 bridgehead atoms. The quantitative estimate of drug-likeness (QED) is 0.849. The van der Waals surface area contributed by atoms with E-state index in [0.717, 1.165) is 33.8 Å². The summed E-state index contributed by atoms with van der Waals surface area (Å²) in [4.78, 5) is 0. The van der Waals surface area contributed by atoms with Crippen LogP contribution in [0.3, 0.4) is 0 Å². The molecule has 0 N–H and O–H groups in total. The van der Waals surface area contributed by atoms with Crippen molar-refractivity contribution < 1.29 is 18.9 Å². The van der Waals surface area contributed by atoms with E-state index < -0.39 is 5.79 Å². The zero-order chi connectivity index (χ0) is 14.4. The molecule has 0 fully saturated rings. The number of hydrogen-bond acceptors (Lipinski definition) is 4. The molecule has 2 aromatic rings. The zero-order valence-corrected chi connectivity index (χ0v) is 12.0. The predicted octanol–water partition coefficient (Wildman–Crippen LogP) is 2.97. The Morgan fingerprint density at radius 2 is 1.71 bits per heavy atom. The molecule has 0 amide bonds. The van der Waals surface area contributed by atoms with E-state index in [1.165, 1.54) is 0 Å². The second-order valence-corrected chi connectivity index (χ2v) is 5.21.